The van der Waals surface area contributed by atoms with Crippen LogP contribution in [0.3, 0.4) is 0 Å². The fourth-order valence-corrected chi connectivity index (χ4v) is 3.95. The summed E-state index contributed by atoms with van der Waals surface area (Å²) >= 11 is 0. The molecule has 4 nitrogen and oxygen atoms in total. The number of hydrogen-bond donors (Lipinski definition) is 2. The maximum absolute atomic E-state index is 13.0. The molecule has 4 heteroatoms. The van der Waals surface area contributed by atoms with Crippen LogP contribution in [0.15, 0.2) is 78.9 Å². The number of hydrogen-bond acceptors (Lipinski definition) is 3. The number of aryl methyl sites for hydroxylation is 1. The summed E-state index contributed by atoms with van der Waals surface area (Å²) < 4.78 is 0. The zero-order valence-corrected chi connectivity index (χ0v) is 15.5. The minimum atomic E-state index is -0.0814. The third-order valence-electron chi connectivity index (χ3n) is 5.40. The van der Waals surface area contributed by atoms with Gasteiger partial charge in [0.05, 0.1) is 12.0 Å². The van der Waals surface area contributed by atoms with Crippen molar-refractivity contribution in [3.05, 3.63) is 90.0 Å². The minimum absolute atomic E-state index is 0.0617. The number of amides is 1. The fourth-order valence-electron chi connectivity index (χ4n) is 3.95. The lowest BCUT2D eigenvalue weighted by atomic mass is 9.78. The van der Waals surface area contributed by atoms with Gasteiger partial charge in [-0.15, -0.1) is 0 Å². The Balaban J connectivity index is 1.53. The Kier molecular flexibility index (Phi) is 5.02. The quantitative estimate of drug-likeness (QED) is 0.609. The van der Waals surface area contributed by atoms with Crippen LogP contribution in [0.2, 0.25) is 0 Å². The molecule has 3 aromatic carbocycles. The zero-order chi connectivity index (χ0) is 19.5. The van der Waals surface area contributed by atoms with E-state index in [2.05, 4.69) is 12.1 Å². The van der Waals surface area contributed by atoms with Crippen LogP contribution < -0.4 is 4.90 Å². The van der Waals surface area contributed by atoms with E-state index in [0.29, 0.717) is 0 Å². The van der Waals surface area contributed by atoms with E-state index in [1.807, 2.05) is 30.3 Å². The first-order chi connectivity index (χ1) is 13.6. The van der Waals surface area contributed by atoms with Crippen molar-refractivity contribution in [3.63, 3.8) is 0 Å². The molecule has 1 heterocycles. The summed E-state index contributed by atoms with van der Waals surface area (Å²) in [6, 6.07) is 24.1. The zero-order valence-electron chi connectivity index (χ0n) is 15.5. The number of phenols is 2. The lowest BCUT2D eigenvalue weighted by Gasteiger charge is -2.47. The molecule has 0 saturated carbocycles. The largest absolute Gasteiger partial charge is 0.508 e. The van der Waals surface area contributed by atoms with Gasteiger partial charge in [-0.2, -0.15) is 0 Å². The maximum Gasteiger partial charge on any atom is 0.233 e. The predicted molar refractivity (Wildman–Crippen MR) is 109 cm³/mol. The van der Waals surface area contributed by atoms with Crippen molar-refractivity contribution < 1.29 is 15.0 Å². The summed E-state index contributed by atoms with van der Waals surface area (Å²) in [5.74, 6) is 0.419. The molecular formula is C24H23NO3. The van der Waals surface area contributed by atoms with E-state index in [1.54, 1.807) is 41.3 Å². The van der Waals surface area contributed by atoms with Gasteiger partial charge in [0.25, 0.3) is 0 Å². The van der Waals surface area contributed by atoms with Crippen molar-refractivity contribution in [1.29, 1.82) is 0 Å². The normalized spacial score (nSPS) is 18.7. The summed E-state index contributed by atoms with van der Waals surface area (Å²) in [5, 5.41) is 19.2. The smallest absolute Gasteiger partial charge is 0.233 e. The number of nitrogens with zero attached hydrogens (tertiary/aromatic N) is 1. The second kappa shape index (κ2) is 7.77. The number of β-lactam (4-membered cyclic amide) rings is 1. The Hall–Kier alpha value is -3.27. The summed E-state index contributed by atoms with van der Waals surface area (Å²) in [6.07, 6.45) is 2.71. The van der Waals surface area contributed by atoms with Crippen LogP contribution in [0.5, 0.6) is 11.5 Å². The maximum atomic E-state index is 13.0. The van der Waals surface area contributed by atoms with E-state index in [9.17, 15) is 15.0 Å². The third kappa shape index (κ3) is 3.58. The first kappa shape index (κ1) is 18.1. The van der Waals surface area contributed by atoms with Crippen LogP contribution in [-0.4, -0.2) is 16.1 Å². The molecule has 0 bridgehead atoms. The van der Waals surface area contributed by atoms with Gasteiger partial charge in [0.2, 0.25) is 5.91 Å². The summed E-state index contributed by atoms with van der Waals surface area (Å²) in [6.45, 7) is 0. The molecule has 142 valence electrons. The second-order valence-electron chi connectivity index (χ2n) is 7.25. The molecule has 0 aliphatic carbocycles. The predicted octanol–water partition coefficient (Wildman–Crippen LogP) is 4.82. The standard InChI is InChI=1S/C24H23NO3/c26-20-13-9-18(10-14-20)23-22(8-4-7-17-5-2-1-3-6-17)24(28)25(23)19-11-15-21(27)16-12-19/h1-3,5-6,9-16,22-23,26-27H,4,7-8H2/t22-,23-/m1/s1. The first-order valence-corrected chi connectivity index (χ1v) is 9.58. The van der Waals surface area contributed by atoms with Crippen LogP contribution in [0.4, 0.5) is 5.69 Å². The van der Waals surface area contributed by atoms with Gasteiger partial charge in [-0.3, -0.25) is 4.79 Å². The van der Waals surface area contributed by atoms with Crippen LogP contribution >= 0.6 is 0 Å². The average Bonchev–Trinajstić information content (AvgIpc) is 2.72. The third-order valence-corrected chi connectivity index (χ3v) is 5.40. The fraction of sp³-hybridized carbons (Fsp3) is 0.208. The molecule has 1 amide bonds. The number of benzene rings is 3. The van der Waals surface area contributed by atoms with Crippen molar-refractivity contribution in [1.82, 2.24) is 0 Å². The number of carbonyl (C=O) groups excluding carboxylic acids is 1. The number of rotatable bonds is 6. The van der Waals surface area contributed by atoms with E-state index in [4.69, 9.17) is 0 Å². The molecule has 0 radical (unpaired) electrons. The van der Waals surface area contributed by atoms with Gasteiger partial charge >= 0.3 is 0 Å². The van der Waals surface area contributed by atoms with Gasteiger partial charge in [-0.1, -0.05) is 42.5 Å². The topological polar surface area (TPSA) is 60.8 Å². The number of phenolic OH excluding ortho intramolecular Hbond substituents is 2. The van der Waals surface area contributed by atoms with E-state index in [1.165, 1.54) is 5.56 Å². The van der Waals surface area contributed by atoms with Crippen molar-refractivity contribution in [2.24, 2.45) is 5.92 Å². The van der Waals surface area contributed by atoms with Crippen molar-refractivity contribution in [3.8, 4) is 11.5 Å². The highest BCUT2D eigenvalue weighted by molar-refractivity contribution is 6.03. The molecule has 2 atom stereocenters. The number of carbonyl (C=O) groups is 1. The summed E-state index contributed by atoms with van der Waals surface area (Å²) in [7, 11) is 0. The molecule has 4 rings (SSSR count). The molecular weight excluding hydrogens is 350 g/mol. The molecule has 3 aromatic rings. The van der Waals surface area contributed by atoms with E-state index in [0.717, 1.165) is 30.5 Å². The number of aromatic hydroxyl groups is 2. The molecule has 1 saturated heterocycles. The van der Waals surface area contributed by atoms with E-state index < -0.39 is 0 Å². The van der Waals surface area contributed by atoms with Crippen LogP contribution in [-0.2, 0) is 11.2 Å². The van der Waals surface area contributed by atoms with Crippen molar-refractivity contribution in [2.45, 2.75) is 25.3 Å². The minimum Gasteiger partial charge on any atom is -0.508 e. The van der Waals surface area contributed by atoms with Crippen LogP contribution in [0.25, 0.3) is 0 Å². The van der Waals surface area contributed by atoms with Gasteiger partial charge < -0.3 is 15.1 Å². The van der Waals surface area contributed by atoms with Crippen LogP contribution in [0.1, 0.15) is 30.0 Å². The Morgan fingerprint density at radius 1 is 0.786 bits per heavy atom. The van der Waals surface area contributed by atoms with Crippen molar-refractivity contribution in [2.75, 3.05) is 4.90 Å². The van der Waals surface area contributed by atoms with Gasteiger partial charge in [-0.05, 0) is 66.8 Å². The Morgan fingerprint density at radius 2 is 1.39 bits per heavy atom. The van der Waals surface area contributed by atoms with Gasteiger partial charge in [-0.25, -0.2) is 0 Å². The Bertz CT molecular complexity index is 936. The average molecular weight is 373 g/mol. The van der Waals surface area contributed by atoms with Crippen LogP contribution in [0, 0.1) is 5.92 Å². The highest BCUT2D eigenvalue weighted by Gasteiger charge is 2.48. The lowest BCUT2D eigenvalue weighted by Crippen LogP contribution is -2.55. The monoisotopic (exact) mass is 373 g/mol. The van der Waals surface area contributed by atoms with Crippen molar-refractivity contribution >= 4 is 11.6 Å². The van der Waals surface area contributed by atoms with E-state index in [-0.39, 0.29) is 29.4 Å². The molecule has 1 aliphatic heterocycles. The second-order valence-corrected chi connectivity index (χ2v) is 7.25. The molecule has 28 heavy (non-hydrogen) atoms. The van der Waals surface area contributed by atoms with Gasteiger partial charge in [0, 0.05) is 5.69 Å². The van der Waals surface area contributed by atoms with Gasteiger partial charge in [0.15, 0.2) is 0 Å². The van der Waals surface area contributed by atoms with Gasteiger partial charge in [0.1, 0.15) is 11.5 Å². The molecule has 0 spiro atoms. The molecule has 0 unspecified atom stereocenters. The summed E-state index contributed by atoms with van der Waals surface area (Å²) in [5.41, 5.74) is 3.07. The molecule has 1 aliphatic rings. The SMILES string of the molecule is O=C1[C@H](CCCc2ccccc2)[C@@H](c2ccc(O)cc2)N1c1ccc(O)cc1. The molecule has 1 fully saturated rings. The Labute approximate surface area is 164 Å². The first-order valence-electron chi connectivity index (χ1n) is 9.58. The lowest BCUT2D eigenvalue weighted by molar-refractivity contribution is -0.130. The summed E-state index contributed by atoms with van der Waals surface area (Å²) in [4.78, 5) is 14.7. The molecule has 2 N–H and O–H groups in total. The van der Waals surface area contributed by atoms with E-state index >= 15 is 0 Å². The number of anilines is 1. The highest BCUT2D eigenvalue weighted by Crippen LogP contribution is 2.46. The Morgan fingerprint density at radius 3 is 2.04 bits per heavy atom. The highest BCUT2D eigenvalue weighted by atomic mass is 16.3. The molecule has 0 aromatic heterocycles.